The molecule has 0 fully saturated rings. The summed E-state index contributed by atoms with van der Waals surface area (Å²) in [7, 11) is 0. The van der Waals surface area contributed by atoms with Gasteiger partial charge >= 0.3 is 0 Å². The zero-order chi connectivity index (χ0) is 12.4. The normalized spacial score (nSPS) is 15.4. The second kappa shape index (κ2) is 4.49. The summed E-state index contributed by atoms with van der Waals surface area (Å²) < 4.78 is 0. The Labute approximate surface area is 100.0 Å². The third-order valence-corrected chi connectivity index (χ3v) is 2.86. The van der Waals surface area contributed by atoms with E-state index in [1.165, 1.54) is 11.0 Å². The lowest BCUT2D eigenvalue weighted by Gasteiger charge is -2.15. The number of aryl methyl sites for hydroxylation is 1. The summed E-state index contributed by atoms with van der Waals surface area (Å²) in [6, 6.07) is 3.83. The monoisotopic (exact) mass is 230 g/mol. The zero-order valence-electron chi connectivity index (χ0n) is 9.93. The van der Waals surface area contributed by atoms with Crippen LogP contribution in [-0.4, -0.2) is 21.7 Å². The first kappa shape index (κ1) is 11.5. The molecule has 4 nitrogen and oxygen atoms in total. The van der Waals surface area contributed by atoms with Crippen LogP contribution in [0.15, 0.2) is 30.0 Å². The van der Waals surface area contributed by atoms with Crippen molar-refractivity contribution in [3.05, 3.63) is 41.2 Å². The lowest BCUT2D eigenvalue weighted by molar-refractivity contribution is -0.137. The largest absolute Gasteiger partial charge is 0.269 e. The first-order valence-electron chi connectivity index (χ1n) is 5.60. The summed E-state index contributed by atoms with van der Waals surface area (Å²) in [5, 5.41) is 0. The van der Waals surface area contributed by atoms with Crippen LogP contribution in [0.3, 0.4) is 0 Å². The van der Waals surface area contributed by atoms with Gasteiger partial charge in [0, 0.05) is 17.8 Å². The van der Waals surface area contributed by atoms with E-state index in [1.54, 1.807) is 13.1 Å². The van der Waals surface area contributed by atoms with Crippen molar-refractivity contribution in [2.24, 2.45) is 0 Å². The summed E-state index contributed by atoms with van der Waals surface area (Å²) in [5.74, 6) is -0.470. The van der Waals surface area contributed by atoms with Crippen molar-refractivity contribution in [2.75, 3.05) is 0 Å². The summed E-state index contributed by atoms with van der Waals surface area (Å²) in [4.78, 5) is 28.8. The van der Waals surface area contributed by atoms with E-state index in [-0.39, 0.29) is 18.4 Å². The van der Waals surface area contributed by atoms with Gasteiger partial charge in [-0.05, 0) is 25.0 Å². The number of pyridine rings is 1. The first-order chi connectivity index (χ1) is 8.13. The molecule has 2 amide bonds. The molecule has 88 valence electrons. The smallest absolute Gasteiger partial charge is 0.256 e. The average Bonchev–Trinajstić information content (AvgIpc) is 2.57. The van der Waals surface area contributed by atoms with Gasteiger partial charge in [-0.1, -0.05) is 13.0 Å². The molecule has 0 aromatic carbocycles. The summed E-state index contributed by atoms with van der Waals surface area (Å²) in [6.45, 7) is 3.94. The summed E-state index contributed by atoms with van der Waals surface area (Å²) in [6.07, 6.45) is 3.89. The van der Waals surface area contributed by atoms with E-state index in [4.69, 9.17) is 0 Å². The fourth-order valence-corrected chi connectivity index (χ4v) is 1.87. The predicted octanol–water partition coefficient (Wildman–Crippen LogP) is 1.46. The first-order valence-corrected chi connectivity index (χ1v) is 5.60. The van der Waals surface area contributed by atoms with Crippen molar-refractivity contribution in [3.63, 3.8) is 0 Å². The van der Waals surface area contributed by atoms with Gasteiger partial charge < -0.3 is 0 Å². The fraction of sp³-hybridized carbons (Fsp3) is 0.308. The molecule has 0 N–H and O–H groups in total. The highest BCUT2D eigenvalue weighted by molar-refractivity contribution is 6.15. The molecular formula is C13H14N2O2. The van der Waals surface area contributed by atoms with Crippen LogP contribution in [-0.2, 0) is 22.6 Å². The van der Waals surface area contributed by atoms with E-state index in [1.807, 2.05) is 19.1 Å². The highest BCUT2D eigenvalue weighted by Gasteiger charge is 2.28. The molecule has 2 heterocycles. The number of carbonyl (C=O) groups is 2. The minimum Gasteiger partial charge on any atom is -0.269 e. The van der Waals surface area contributed by atoms with Crippen molar-refractivity contribution in [2.45, 2.75) is 26.8 Å². The number of carbonyl (C=O) groups excluding carboxylic acids is 2. The van der Waals surface area contributed by atoms with E-state index >= 15 is 0 Å². The Hall–Kier alpha value is -1.97. The molecule has 0 saturated carbocycles. The van der Waals surface area contributed by atoms with Gasteiger partial charge in [0.1, 0.15) is 0 Å². The third kappa shape index (κ3) is 2.11. The molecule has 1 aliphatic heterocycles. The molecule has 0 radical (unpaired) electrons. The van der Waals surface area contributed by atoms with Gasteiger partial charge in [0.2, 0.25) is 0 Å². The van der Waals surface area contributed by atoms with Crippen LogP contribution in [0.2, 0.25) is 0 Å². The number of nitrogens with zero attached hydrogens (tertiary/aromatic N) is 2. The molecule has 0 unspecified atom stereocenters. The molecule has 1 aromatic rings. The third-order valence-electron chi connectivity index (χ3n) is 2.86. The number of amides is 2. The van der Waals surface area contributed by atoms with E-state index < -0.39 is 0 Å². The van der Waals surface area contributed by atoms with Gasteiger partial charge in [-0.25, -0.2) is 0 Å². The number of imide groups is 1. The molecule has 4 heteroatoms. The maximum absolute atomic E-state index is 11.7. The SMILES string of the molecule is CCc1cccnc1CN1C(=O)C=C(C)C1=O. The quantitative estimate of drug-likeness (QED) is 0.739. The van der Waals surface area contributed by atoms with E-state index in [2.05, 4.69) is 4.98 Å². The van der Waals surface area contributed by atoms with Crippen LogP contribution >= 0.6 is 0 Å². The molecule has 0 saturated heterocycles. The number of aromatic nitrogens is 1. The molecular weight excluding hydrogens is 216 g/mol. The predicted molar refractivity (Wildman–Crippen MR) is 62.9 cm³/mol. The number of hydrogen-bond donors (Lipinski definition) is 0. The van der Waals surface area contributed by atoms with Gasteiger partial charge in [-0.2, -0.15) is 0 Å². The van der Waals surface area contributed by atoms with Crippen molar-refractivity contribution in [3.8, 4) is 0 Å². The van der Waals surface area contributed by atoms with E-state index in [0.29, 0.717) is 5.57 Å². The van der Waals surface area contributed by atoms with Gasteiger partial charge in [-0.15, -0.1) is 0 Å². The Morgan fingerprint density at radius 1 is 1.35 bits per heavy atom. The number of hydrogen-bond acceptors (Lipinski definition) is 3. The minimum atomic E-state index is -0.250. The highest BCUT2D eigenvalue weighted by Crippen LogP contribution is 2.16. The molecule has 2 rings (SSSR count). The molecule has 1 aromatic heterocycles. The van der Waals surface area contributed by atoms with Crippen LogP contribution in [0, 0.1) is 0 Å². The second-order valence-corrected chi connectivity index (χ2v) is 4.02. The van der Waals surface area contributed by atoms with Gasteiger partial charge in [-0.3, -0.25) is 19.5 Å². The van der Waals surface area contributed by atoms with Crippen LogP contribution in [0.25, 0.3) is 0 Å². The standard InChI is InChI=1S/C13H14N2O2/c1-3-10-5-4-6-14-11(10)8-15-12(16)7-9(2)13(15)17/h4-7H,3,8H2,1-2H3. The maximum atomic E-state index is 11.7. The van der Waals surface area contributed by atoms with E-state index in [9.17, 15) is 9.59 Å². The Balaban J connectivity index is 2.23. The van der Waals surface area contributed by atoms with Crippen LogP contribution in [0.4, 0.5) is 0 Å². The molecule has 0 atom stereocenters. The van der Waals surface area contributed by atoms with Crippen LogP contribution in [0.5, 0.6) is 0 Å². The maximum Gasteiger partial charge on any atom is 0.256 e. The highest BCUT2D eigenvalue weighted by atomic mass is 16.2. The van der Waals surface area contributed by atoms with Crippen molar-refractivity contribution in [1.29, 1.82) is 0 Å². The molecule has 0 aliphatic carbocycles. The zero-order valence-corrected chi connectivity index (χ0v) is 9.93. The average molecular weight is 230 g/mol. The van der Waals surface area contributed by atoms with Crippen molar-refractivity contribution in [1.82, 2.24) is 9.88 Å². The molecule has 0 bridgehead atoms. The minimum absolute atomic E-state index is 0.220. The van der Waals surface area contributed by atoms with Gasteiger partial charge in [0.15, 0.2) is 0 Å². The topological polar surface area (TPSA) is 50.3 Å². The second-order valence-electron chi connectivity index (χ2n) is 4.02. The van der Waals surface area contributed by atoms with E-state index in [0.717, 1.165) is 17.7 Å². The van der Waals surface area contributed by atoms with Crippen LogP contribution < -0.4 is 0 Å². The van der Waals surface area contributed by atoms with Gasteiger partial charge in [0.25, 0.3) is 11.8 Å². The molecule has 0 spiro atoms. The fourth-order valence-electron chi connectivity index (χ4n) is 1.87. The Bertz CT molecular complexity index is 506. The molecule has 1 aliphatic rings. The van der Waals surface area contributed by atoms with Crippen molar-refractivity contribution >= 4 is 11.8 Å². The Morgan fingerprint density at radius 2 is 2.12 bits per heavy atom. The van der Waals surface area contributed by atoms with Gasteiger partial charge in [0.05, 0.1) is 12.2 Å². The number of rotatable bonds is 3. The summed E-state index contributed by atoms with van der Waals surface area (Å²) >= 11 is 0. The Kier molecular flexibility index (Phi) is 3.04. The van der Waals surface area contributed by atoms with Crippen molar-refractivity contribution < 1.29 is 9.59 Å². The lowest BCUT2D eigenvalue weighted by atomic mass is 10.1. The molecule has 17 heavy (non-hydrogen) atoms. The lowest BCUT2D eigenvalue weighted by Crippen LogP contribution is -2.31. The summed E-state index contributed by atoms with van der Waals surface area (Å²) in [5.41, 5.74) is 2.35. The Morgan fingerprint density at radius 3 is 2.71 bits per heavy atom. The van der Waals surface area contributed by atoms with Crippen LogP contribution in [0.1, 0.15) is 25.1 Å².